The fourth-order valence-electron chi connectivity index (χ4n) is 1.43. The Kier molecular flexibility index (Phi) is 2.63. The molecule has 2 N–H and O–H groups in total. The standard InChI is InChI=1S/C10H11N5O/c1-6-9(7(2)14-13-6)10(16)12-8-4-3-5-11-15-8/h3-5H,1-2H3,(H,13,14)(H,12,15,16). The third kappa shape index (κ3) is 1.90. The Morgan fingerprint density at radius 3 is 2.81 bits per heavy atom. The van der Waals surface area contributed by atoms with Gasteiger partial charge in [-0.25, -0.2) is 0 Å². The number of hydrogen-bond acceptors (Lipinski definition) is 4. The molecule has 0 atom stereocenters. The second kappa shape index (κ2) is 4.09. The van der Waals surface area contributed by atoms with Crippen molar-refractivity contribution in [2.24, 2.45) is 0 Å². The first-order chi connectivity index (χ1) is 7.68. The largest absolute Gasteiger partial charge is 0.305 e. The molecule has 0 radical (unpaired) electrons. The first-order valence-electron chi connectivity index (χ1n) is 4.79. The summed E-state index contributed by atoms with van der Waals surface area (Å²) < 4.78 is 0. The molecule has 0 aliphatic heterocycles. The number of aromatic nitrogens is 4. The Hall–Kier alpha value is -2.24. The van der Waals surface area contributed by atoms with Crippen LogP contribution in [0.15, 0.2) is 18.3 Å². The first kappa shape index (κ1) is 10.3. The number of rotatable bonds is 2. The van der Waals surface area contributed by atoms with Crippen LogP contribution in [0.5, 0.6) is 0 Å². The number of carbonyl (C=O) groups excluding carboxylic acids is 1. The molecule has 0 bridgehead atoms. The summed E-state index contributed by atoms with van der Waals surface area (Å²) in [7, 11) is 0. The highest BCUT2D eigenvalue weighted by Gasteiger charge is 2.15. The van der Waals surface area contributed by atoms with Crippen molar-refractivity contribution in [2.45, 2.75) is 13.8 Å². The Labute approximate surface area is 92.1 Å². The van der Waals surface area contributed by atoms with Crippen molar-refractivity contribution in [1.82, 2.24) is 20.4 Å². The molecule has 16 heavy (non-hydrogen) atoms. The van der Waals surface area contributed by atoms with E-state index in [2.05, 4.69) is 25.7 Å². The van der Waals surface area contributed by atoms with Crippen LogP contribution in [0, 0.1) is 13.8 Å². The fourth-order valence-corrected chi connectivity index (χ4v) is 1.43. The lowest BCUT2D eigenvalue weighted by molar-refractivity contribution is 0.102. The first-order valence-corrected chi connectivity index (χ1v) is 4.79. The average Bonchev–Trinajstić information content (AvgIpc) is 2.60. The number of aryl methyl sites for hydroxylation is 2. The molecular formula is C10H11N5O. The van der Waals surface area contributed by atoms with E-state index >= 15 is 0 Å². The summed E-state index contributed by atoms with van der Waals surface area (Å²) in [5.74, 6) is 0.191. The summed E-state index contributed by atoms with van der Waals surface area (Å²) in [5, 5.41) is 16.8. The maximum absolute atomic E-state index is 11.9. The molecule has 2 aromatic rings. The summed E-state index contributed by atoms with van der Waals surface area (Å²) in [5.41, 5.74) is 1.95. The van der Waals surface area contributed by atoms with Crippen molar-refractivity contribution in [3.63, 3.8) is 0 Å². The van der Waals surface area contributed by atoms with Gasteiger partial charge in [0.15, 0.2) is 5.82 Å². The van der Waals surface area contributed by atoms with E-state index in [1.807, 2.05) is 0 Å². The van der Waals surface area contributed by atoms with Crippen LogP contribution in [0.25, 0.3) is 0 Å². The average molecular weight is 217 g/mol. The molecule has 1 amide bonds. The number of anilines is 1. The van der Waals surface area contributed by atoms with E-state index < -0.39 is 0 Å². The van der Waals surface area contributed by atoms with Gasteiger partial charge in [0.1, 0.15) is 0 Å². The Morgan fingerprint density at radius 1 is 1.44 bits per heavy atom. The van der Waals surface area contributed by atoms with Crippen LogP contribution in [-0.2, 0) is 0 Å². The molecular weight excluding hydrogens is 206 g/mol. The van der Waals surface area contributed by atoms with Crippen molar-refractivity contribution in [2.75, 3.05) is 5.32 Å². The van der Waals surface area contributed by atoms with Gasteiger partial charge in [-0.2, -0.15) is 10.2 Å². The number of nitrogens with zero attached hydrogens (tertiary/aromatic N) is 3. The summed E-state index contributed by atoms with van der Waals surface area (Å²) >= 11 is 0. The monoisotopic (exact) mass is 217 g/mol. The molecule has 0 saturated heterocycles. The SMILES string of the molecule is Cc1n[nH]c(C)c1C(=O)Nc1cccnn1. The number of carbonyl (C=O) groups is 1. The van der Waals surface area contributed by atoms with Gasteiger partial charge in [-0.1, -0.05) is 0 Å². The zero-order valence-corrected chi connectivity index (χ0v) is 8.98. The van der Waals surface area contributed by atoms with Gasteiger partial charge < -0.3 is 5.32 Å². The summed E-state index contributed by atoms with van der Waals surface area (Å²) in [6, 6.07) is 3.38. The second-order valence-electron chi connectivity index (χ2n) is 3.37. The zero-order valence-electron chi connectivity index (χ0n) is 8.98. The van der Waals surface area contributed by atoms with Crippen LogP contribution < -0.4 is 5.32 Å². The number of amides is 1. The molecule has 82 valence electrons. The van der Waals surface area contributed by atoms with E-state index in [0.717, 1.165) is 5.69 Å². The summed E-state index contributed by atoms with van der Waals surface area (Å²) in [6.45, 7) is 3.57. The van der Waals surface area contributed by atoms with E-state index in [-0.39, 0.29) is 5.91 Å². The predicted octanol–water partition coefficient (Wildman–Crippen LogP) is 1.07. The molecule has 2 heterocycles. The predicted molar refractivity (Wildman–Crippen MR) is 58.0 cm³/mol. The molecule has 0 aliphatic carbocycles. The van der Waals surface area contributed by atoms with Crippen LogP contribution >= 0.6 is 0 Å². The molecule has 0 fully saturated rings. The molecule has 0 spiro atoms. The minimum absolute atomic E-state index is 0.232. The van der Waals surface area contributed by atoms with Gasteiger partial charge in [-0.15, -0.1) is 5.10 Å². The van der Waals surface area contributed by atoms with Gasteiger partial charge in [-0.05, 0) is 26.0 Å². The van der Waals surface area contributed by atoms with E-state index in [1.165, 1.54) is 0 Å². The van der Waals surface area contributed by atoms with Crippen LogP contribution in [-0.4, -0.2) is 26.3 Å². The van der Waals surface area contributed by atoms with Gasteiger partial charge in [-0.3, -0.25) is 9.89 Å². The highest BCUT2D eigenvalue weighted by molar-refractivity contribution is 6.05. The minimum atomic E-state index is -0.232. The van der Waals surface area contributed by atoms with Crippen molar-refractivity contribution in [1.29, 1.82) is 0 Å². The Bertz CT molecular complexity index is 486. The Balaban J connectivity index is 2.22. The number of aromatic amines is 1. The molecule has 0 saturated carbocycles. The molecule has 0 aliphatic rings. The van der Waals surface area contributed by atoms with Crippen LogP contribution in [0.3, 0.4) is 0 Å². The zero-order chi connectivity index (χ0) is 11.5. The van der Waals surface area contributed by atoms with E-state index in [1.54, 1.807) is 32.2 Å². The lowest BCUT2D eigenvalue weighted by Crippen LogP contribution is -2.14. The van der Waals surface area contributed by atoms with Gasteiger partial charge in [0.05, 0.1) is 11.3 Å². The third-order valence-corrected chi connectivity index (χ3v) is 2.17. The van der Waals surface area contributed by atoms with E-state index in [0.29, 0.717) is 17.1 Å². The van der Waals surface area contributed by atoms with Crippen LogP contribution in [0.4, 0.5) is 5.82 Å². The highest BCUT2D eigenvalue weighted by atomic mass is 16.1. The lowest BCUT2D eigenvalue weighted by Gasteiger charge is -2.02. The molecule has 2 rings (SSSR count). The van der Waals surface area contributed by atoms with Crippen molar-refractivity contribution < 1.29 is 4.79 Å². The molecule has 0 aromatic carbocycles. The number of nitrogens with one attached hydrogen (secondary N) is 2. The maximum Gasteiger partial charge on any atom is 0.260 e. The normalized spacial score (nSPS) is 10.1. The van der Waals surface area contributed by atoms with E-state index in [4.69, 9.17) is 0 Å². The van der Waals surface area contributed by atoms with Crippen molar-refractivity contribution in [3.8, 4) is 0 Å². The van der Waals surface area contributed by atoms with Crippen molar-refractivity contribution in [3.05, 3.63) is 35.3 Å². The minimum Gasteiger partial charge on any atom is -0.305 e. The van der Waals surface area contributed by atoms with Gasteiger partial charge in [0.25, 0.3) is 5.91 Å². The highest BCUT2D eigenvalue weighted by Crippen LogP contribution is 2.11. The Morgan fingerprint density at radius 2 is 2.25 bits per heavy atom. The van der Waals surface area contributed by atoms with Gasteiger partial charge in [0.2, 0.25) is 0 Å². The molecule has 2 aromatic heterocycles. The quantitative estimate of drug-likeness (QED) is 0.788. The summed E-state index contributed by atoms with van der Waals surface area (Å²) in [4.78, 5) is 11.9. The summed E-state index contributed by atoms with van der Waals surface area (Å²) in [6.07, 6.45) is 1.55. The third-order valence-electron chi connectivity index (χ3n) is 2.17. The van der Waals surface area contributed by atoms with E-state index in [9.17, 15) is 4.79 Å². The second-order valence-corrected chi connectivity index (χ2v) is 3.37. The van der Waals surface area contributed by atoms with Crippen LogP contribution in [0.2, 0.25) is 0 Å². The van der Waals surface area contributed by atoms with Crippen LogP contribution in [0.1, 0.15) is 21.7 Å². The molecule has 6 nitrogen and oxygen atoms in total. The fraction of sp³-hybridized carbons (Fsp3) is 0.200. The number of hydrogen-bond donors (Lipinski definition) is 2. The smallest absolute Gasteiger partial charge is 0.260 e. The topological polar surface area (TPSA) is 83.6 Å². The van der Waals surface area contributed by atoms with Gasteiger partial charge in [0, 0.05) is 11.9 Å². The lowest BCUT2D eigenvalue weighted by atomic mass is 10.2. The molecule has 0 unspecified atom stereocenters. The van der Waals surface area contributed by atoms with Crippen molar-refractivity contribution >= 4 is 11.7 Å². The number of H-pyrrole nitrogens is 1. The maximum atomic E-state index is 11.9. The van der Waals surface area contributed by atoms with Gasteiger partial charge >= 0.3 is 0 Å². The molecule has 6 heteroatoms.